The molecule has 0 N–H and O–H groups in total. The van der Waals surface area contributed by atoms with E-state index in [1.165, 1.54) is 5.56 Å². The van der Waals surface area contributed by atoms with Crippen molar-refractivity contribution in [1.29, 1.82) is 0 Å². The quantitative estimate of drug-likeness (QED) is 0.814. The van der Waals surface area contributed by atoms with Crippen molar-refractivity contribution in [3.05, 3.63) is 77.9 Å². The summed E-state index contributed by atoms with van der Waals surface area (Å²) in [5.41, 5.74) is 3.27. The zero-order chi connectivity index (χ0) is 14.8. The molecule has 1 aliphatic heterocycles. The Morgan fingerprint density at radius 2 is 1.48 bits per heavy atom. The first kappa shape index (κ1) is 13.6. The van der Waals surface area contributed by atoms with Crippen molar-refractivity contribution >= 4 is 11.6 Å². The summed E-state index contributed by atoms with van der Waals surface area (Å²) in [6.07, 6.45) is 2.22. The highest BCUT2D eigenvalue weighted by atomic mass is 16.2. The van der Waals surface area contributed by atoms with Crippen LogP contribution in [-0.2, 0) is 4.79 Å². The van der Waals surface area contributed by atoms with Crippen LogP contribution in [0.4, 0.5) is 0 Å². The van der Waals surface area contributed by atoms with Crippen LogP contribution in [0.3, 0.4) is 0 Å². The van der Waals surface area contributed by atoms with Gasteiger partial charge in [-0.15, -0.1) is 0 Å². The first-order valence-corrected chi connectivity index (χ1v) is 7.28. The first-order chi connectivity index (χ1) is 10.2. The third-order valence-corrected chi connectivity index (χ3v) is 4.21. The van der Waals surface area contributed by atoms with E-state index in [1.807, 2.05) is 62.5 Å². The molecule has 2 heteroatoms. The number of hydrogen-bond donors (Lipinski definition) is 0. The van der Waals surface area contributed by atoms with Gasteiger partial charge in [0.1, 0.15) is 0 Å². The lowest BCUT2D eigenvalue weighted by Crippen LogP contribution is -2.37. The van der Waals surface area contributed by atoms with Crippen molar-refractivity contribution in [3.63, 3.8) is 0 Å². The Morgan fingerprint density at radius 1 is 0.905 bits per heavy atom. The lowest BCUT2D eigenvalue weighted by molar-refractivity contribution is -0.131. The van der Waals surface area contributed by atoms with Gasteiger partial charge >= 0.3 is 0 Å². The van der Waals surface area contributed by atoms with Crippen molar-refractivity contribution in [1.82, 2.24) is 4.90 Å². The molecule has 1 aliphatic rings. The molecule has 0 radical (unpaired) electrons. The van der Waals surface area contributed by atoms with E-state index in [0.717, 1.165) is 11.3 Å². The van der Waals surface area contributed by atoms with Crippen LogP contribution >= 0.6 is 0 Å². The van der Waals surface area contributed by atoms with Gasteiger partial charge in [-0.25, -0.2) is 0 Å². The molecule has 0 saturated carbocycles. The summed E-state index contributed by atoms with van der Waals surface area (Å²) in [6, 6.07) is 20.4. The molecule has 1 amide bonds. The topological polar surface area (TPSA) is 20.3 Å². The molecule has 0 spiro atoms. The zero-order valence-electron chi connectivity index (χ0n) is 12.4. The standard InChI is InChI=1S/C19H19NO/c1-14-17(15-9-5-3-6-10-15)13-18(20(2)19(14)21)16-11-7-4-8-12-16/h3-14,17H,1-2H3. The van der Waals surface area contributed by atoms with Gasteiger partial charge in [0.05, 0.1) is 0 Å². The highest BCUT2D eigenvalue weighted by Gasteiger charge is 2.33. The number of benzene rings is 2. The molecule has 1 heterocycles. The molecule has 0 aliphatic carbocycles. The van der Waals surface area contributed by atoms with Gasteiger partial charge in [-0.1, -0.05) is 73.7 Å². The van der Waals surface area contributed by atoms with Gasteiger partial charge in [-0.3, -0.25) is 4.79 Å². The van der Waals surface area contributed by atoms with Crippen LogP contribution in [-0.4, -0.2) is 17.9 Å². The Balaban J connectivity index is 2.08. The third kappa shape index (κ3) is 2.49. The highest BCUT2D eigenvalue weighted by Crippen LogP contribution is 2.36. The lowest BCUT2D eigenvalue weighted by atomic mass is 9.82. The lowest BCUT2D eigenvalue weighted by Gasteiger charge is -2.34. The molecule has 106 valence electrons. The van der Waals surface area contributed by atoms with E-state index in [0.29, 0.717) is 0 Å². The van der Waals surface area contributed by atoms with Gasteiger partial charge in [0, 0.05) is 24.6 Å². The van der Waals surface area contributed by atoms with Gasteiger partial charge in [0.2, 0.25) is 5.91 Å². The molecule has 0 bridgehead atoms. The fourth-order valence-electron chi connectivity index (χ4n) is 2.96. The van der Waals surface area contributed by atoms with Crippen LogP contribution in [0.25, 0.3) is 5.70 Å². The smallest absolute Gasteiger partial charge is 0.230 e. The van der Waals surface area contributed by atoms with Crippen LogP contribution in [0.2, 0.25) is 0 Å². The largest absolute Gasteiger partial charge is 0.315 e. The summed E-state index contributed by atoms with van der Waals surface area (Å²) in [4.78, 5) is 14.4. The summed E-state index contributed by atoms with van der Waals surface area (Å²) in [6.45, 7) is 2.01. The molecule has 2 atom stereocenters. The fourth-order valence-corrected chi connectivity index (χ4v) is 2.96. The molecule has 3 rings (SSSR count). The number of nitrogens with zero attached hydrogens (tertiary/aromatic N) is 1. The second-order valence-electron chi connectivity index (χ2n) is 5.54. The summed E-state index contributed by atoms with van der Waals surface area (Å²) in [7, 11) is 1.86. The van der Waals surface area contributed by atoms with E-state index in [9.17, 15) is 4.79 Å². The maximum Gasteiger partial charge on any atom is 0.230 e. The molecule has 2 unspecified atom stereocenters. The number of allylic oxidation sites excluding steroid dienone is 1. The van der Waals surface area contributed by atoms with E-state index in [4.69, 9.17) is 0 Å². The van der Waals surface area contributed by atoms with Gasteiger partial charge in [0.25, 0.3) is 0 Å². The van der Waals surface area contributed by atoms with Crippen molar-refractivity contribution in [2.75, 3.05) is 7.05 Å². The minimum absolute atomic E-state index is 0.0372. The van der Waals surface area contributed by atoms with Crippen molar-refractivity contribution in [2.45, 2.75) is 12.8 Å². The van der Waals surface area contributed by atoms with E-state index >= 15 is 0 Å². The van der Waals surface area contributed by atoms with Crippen LogP contribution in [0, 0.1) is 5.92 Å². The van der Waals surface area contributed by atoms with Gasteiger partial charge in [-0.05, 0) is 11.1 Å². The highest BCUT2D eigenvalue weighted by molar-refractivity contribution is 5.91. The molecular formula is C19H19NO. The molecule has 2 aromatic rings. The van der Waals surface area contributed by atoms with E-state index in [2.05, 4.69) is 18.2 Å². The van der Waals surface area contributed by atoms with E-state index in [-0.39, 0.29) is 17.7 Å². The Hall–Kier alpha value is -2.35. The minimum Gasteiger partial charge on any atom is -0.315 e. The summed E-state index contributed by atoms with van der Waals surface area (Å²) < 4.78 is 0. The maximum absolute atomic E-state index is 12.6. The maximum atomic E-state index is 12.6. The first-order valence-electron chi connectivity index (χ1n) is 7.28. The molecule has 21 heavy (non-hydrogen) atoms. The Labute approximate surface area is 125 Å². The van der Waals surface area contributed by atoms with Gasteiger partial charge in [-0.2, -0.15) is 0 Å². The van der Waals surface area contributed by atoms with Gasteiger partial charge in [0.15, 0.2) is 0 Å². The number of hydrogen-bond acceptors (Lipinski definition) is 1. The van der Waals surface area contributed by atoms with Crippen molar-refractivity contribution in [3.8, 4) is 0 Å². The zero-order valence-corrected chi connectivity index (χ0v) is 12.4. The van der Waals surface area contributed by atoms with Crippen molar-refractivity contribution in [2.24, 2.45) is 5.92 Å². The molecule has 0 fully saturated rings. The second kappa shape index (κ2) is 5.57. The average molecular weight is 277 g/mol. The fraction of sp³-hybridized carbons (Fsp3) is 0.211. The molecule has 0 saturated heterocycles. The van der Waals surface area contributed by atoms with Crippen LogP contribution in [0.5, 0.6) is 0 Å². The SMILES string of the molecule is CC1C(=O)N(C)C(c2ccccc2)=CC1c1ccccc1. The number of carbonyl (C=O) groups excluding carboxylic acids is 1. The Kier molecular flexibility index (Phi) is 3.61. The predicted octanol–water partition coefficient (Wildman–Crippen LogP) is 3.92. The molecule has 2 aromatic carbocycles. The average Bonchev–Trinajstić information content (AvgIpc) is 2.55. The summed E-state index contributed by atoms with van der Waals surface area (Å²) >= 11 is 0. The van der Waals surface area contributed by atoms with E-state index < -0.39 is 0 Å². The van der Waals surface area contributed by atoms with Crippen LogP contribution < -0.4 is 0 Å². The number of rotatable bonds is 2. The normalized spacial score (nSPS) is 22.1. The van der Waals surface area contributed by atoms with Crippen LogP contribution in [0.1, 0.15) is 24.0 Å². The minimum atomic E-state index is -0.0372. The Bertz CT molecular complexity index is 660. The number of amides is 1. The van der Waals surface area contributed by atoms with Crippen molar-refractivity contribution < 1.29 is 4.79 Å². The predicted molar refractivity (Wildman–Crippen MR) is 85.5 cm³/mol. The third-order valence-electron chi connectivity index (χ3n) is 4.21. The summed E-state index contributed by atoms with van der Waals surface area (Å²) in [5, 5.41) is 0. The van der Waals surface area contributed by atoms with Crippen LogP contribution in [0.15, 0.2) is 66.7 Å². The number of carbonyl (C=O) groups is 1. The molecule has 0 aromatic heterocycles. The molecule has 2 nitrogen and oxygen atoms in total. The monoisotopic (exact) mass is 277 g/mol. The molecular weight excluding hydrogens is 258 g/mol. The Morgan fingerprint density at radius 3 is 2.10 bits per heavy atom. The summed E-state index contributed by atoms with van der Waals surface area (Å²) in [5.74, 6) is 0.264. The second-order valence-corrected chi connectivity index (χ2v) is 5.54. The van der Waals surface area contributed by atoms with E-state index in [1.54, 1.807) is 4.90 Å². The van der Waals surface area contributed by atoms with Gasteiger partial charge < -0.3 is 4.90 Å².